The molecule has 1 aliphatic carbocycles. The summed E-state index contributed by atoms with van der Waals surface area (Å²) >= 11 is 0. The Labute approximate surface area is 156 Å². The van der Waals surface area contributed by atoms with E-state index in [0.717, 1.165) is 11.3 Å². The number of guanidine groups is 1. The number of nitrogens with zero attached hydrogens (tertiary/aromatic N) is 3. The summed E-state index contributed by atoms with van der Waals surface area (Å²) in [6.45, 7) is 0. The number of nitro benzene ring substituents is 1. The highest BCUT2D eigenvalue weighted by molar-refractivity contribution is 6.12. The van der Waals surface area contributed by atoms with Gasteiger partial charge in [0, 0.05) is 31.8 Å². The van der Waals surface area contributed by atoms with E-state index >= 15 is 0 Å². The Morgan fingerprint density at radius 1 is 1.00 bits per heavy atom. The van der Waals surface area contributed by atoms with Crippen molar-refractivity contribution in [3.63, 3.8) is 0 Å². The Kier molecular flexibility index (Phi) is 3.88. The molecule has 0 saturated heterocycles. The van der Waals surface area contributed by atoms with E-state index in [4.69, 9.17) is 5.41 Å². The second kappa shape index (κ2) is 6.25. The van der Waals surface area contributed by atoms with Gasteiger partial charge in [0.05, 0.1) is 16.3 Å². The highest BCUT2D eigenvalue weighted by Crippen LogP contribution is 2.37. The minimum Gasteiger partial charge on any atom is -0.315 e. The van der Waals surface area contributed by atoms with Crippen molar-refractivity contribution in [2.75, 3.05) is 23.9 Å². The van der Waals surface area contributed by atoms with Crippen LogP contribution in [0, 0.1) is 15.5 Å². The molecule has 3 aromatic rings. The van der Waals surface area contributed by atoms with Gasteiger partial charge in [0.2, 0.25) is 5.96 Å². The summed E-state index contributed by atoms with van der Waals surface area (Å²) in [5.41, 5.74) is 3.78. The van der Waals surface area contributed by atoms with Gasteiger partial charge in [-0.05, 0) is 28.5 Å². The lowest BCUT2D eigenvalue weighted by Gasteiger charge is -2.29. The SMILES string of the molecule is CN(C(=N)N(C)c1ccc2cccc3c2c1C=C3)c1cccc([N+](=O)[O-])c1. The van der Waals surface area contributed by atoms with Gasteiger partial charge in [-0.2, -0.15) is 0 Å². The largest absolute Gasteiger partial charge is 0.315 e. The first-order chi connectivity index (χ1) is 13.0. The zero-order valence-corrected chi connectivity index (χ0v) is 15.0. The minimum absolute atomic E-state index is 0.00619. The third-order valence-corrected chi connectivity index (χ3v) is 4.95. The van der Waals surface area contributed by atoms with Crippen molar-refractivity contribution in [1.29, 1.82) is 5.41 Å². The van der Waals surface area contributed by atoms with Gasteiger partial charge >= 0.3 is 0 Å². The zero-order valence-electron chi connectivity index (χ0n) is 15.0. The molecule has 1 aliphatic rings. The number of benzene rings is 3. The van der Waals surface area contributed by atoms with Crippen molar-refractivity contribution in [2.45, 2.75) is 0 Å². The summed E-state index contributed by atoms with van der Waals surface area (Å²) in [6, 6.07) is 16.6. The second-order valence-corrected chi connectivity index (χ2v) is 6.50. The molecular weight excluding hydrogens is 340 g/mol. The van der Waals surface area contributed by atoms with E-state index in [2.05, 4.69) is 30.4 Å². The molecule has 0 heterocycles. The molecular formula is C21H18N4O2. The van der Waals surface area contributed by atoms with Crippen molar-refractivity contribution in [1.82, 2.24) is 0 Å². The molecule has 0 spiro atoms. The smallest absolute Gasteiger partial charge is 0.271 e. The van der Waals surface area contributed by atoms with E-state index in [-0.39, 0.29) is 11.6 Å². The van der Waals surface area contributed by atoms with Gasteiger partial charge in [0.25, 0.3) is 5.69 Å². The van der Waals surface area contributed by atoms with Crippen LogP contribution in [0.3, 0.4) is 0 Å². The maximum atomic E-state index is 11.0. The van der Waals surface area contributed by atoms with Gasteiger partial charge in [0.15, 0.2) is 0 Å². The first-order valence-electron chi connectivity index (χ1n) is 8.51. The Hall–Kier alpha value is -3.67. The maximum absolute atomic E-state index is 11.0. The monoisotopic (exact) mass is 358 g/mol. The Morgan fingerprint density at radius 2 is 1.78 bits per heavy atom. The summed E-state index contributed by atoms with van der Waals surface area (Å²) < 4.78 is 0. The van der Waals surface area contributed by atoms with Gasteiger partial charge in [-0.1, -0.05) is 42.5 Å². The Bertz CT molecular complexity index is 1120. The van der Waals surface area contributed by atoms with E-state index in [9.17, 15) is 10.1 Å². The third-order valence-electron chi connectivity index (χ3n) is 4.95. The molecule has 0 atom stereocenters. The van der Waals surface area contributed by atoms with Gasteiger partial charge in [-0.3, -0.25) is 15.5 Å². The molecule has 0 aromatic heterocycles. The van der Waals surface area contributed by atoms with Crippen molar-refractivity contribution in [3.8, 4) is 0 Å². The fraction of sp³-hybridized carbons (Fsp3) is 0.0952. The predicted octanol–water partition coefficient (Wildman–Crippen LogP) is 4.74. The van der Waals surface area contributed by atoms with Gasteiger partial charge < -0.3 is 9.80 Å². The van der Waals surface area contributed by atoms with Crippen LogP contribution >= 0.6 is 0 Å². The van der Waals surface area contributed by atoms with E-state index in [1.807, 2.05) is 19.2 Å². The van der Waals surface area contributed by atoms with Crippen molar-refractivity contribution < 1.29 is 4.92 Å². The van der Waals surface area contributed by atoms with Crippen LogP contribution in [0.15, 0.2) is 54.6 Å². The van der Waals surface area contributed by atoms with Crippen LogP contribution in [0.5, 0.6) is 0 Å². The first kappa shape index (κ1) is 16.8. The molecule has 0 radical (unpaired) electrons. The number of nitrogens with one attached hydrogen (secondary N) is 1. The lowest BCUT2D eigenvalue weighted by Crippen LogP contribution is -2.40. The summed E-state index contributed by atoms with van der Waals surface area (Å²) in [6.07, 6.45) is 4.16. The maximum Gasteiger partial charge on any atom is 0.271 e. The van der Waals surface area contributed by atoms with E-state index in [1.54, 1.807) is 29.0 Å². The molecule has 0 aliphatic heterocycles. The number of rotatable bonds is 3. The Balaban J connectivity index is 1.70. The normalized spacial score (nSPS) is 11.6. The second-order valence-electron chi connectivity index (χ2n) is 6.50. The molecule has 0 saturated carbocycles. The number of hydrogen-bond acceptors (Lipinski definition) is 3. The Morgan fingerprint density at radius 3 is 2.56 bits per heavy atom. The van der Waals surface area contributed by atoms with E-state index in [1.165, 1.54) is 28.5 Å². The molecule has 27 heavy (non-hydrogen) atoms. The highest BCUT2D eigenvalue weighted by atomic mass is 16.6. The van der Waals surface area contributed by atoms with Crippen LogP contribution in [0.1, 0.15) is 11.1 Å². The molecule has 4 rings (SSSR count). The van der Waals surface area contributed by atoms with Crippen LogP contribution in [0.4, 0.5) is 17.1 Å². The lowest BCUT2D eigenvalue weighted by atomic mass is 10.0. The van der Waals surface area contributed by atoms with Crippen LogP contribution in [-0.4, -0.2) is 25.0 Å². The van der Waals surface area contributed by atoms with Gasteiger partial charge in [0.1, 0.15) is 0 Å². The average Bonchev–Trinajstić information content (AvgIpc) is 3.12. The van der Waals surface area contributed by atoms with Gasteiger partial charge in [-0.15, -0.1) is 0 Å². The van der Waals surface area contributed by atoms with E-state index < -0.39 is 4.92 Å². The molecule has 0 bridgehead atoms. The molecule has 134 valence electrons. The quantitative estimate of drug-likeness (QED) is 0.248. The number of nitro groups is 1. The third kappa shape index (κ3) is 2.71. The van der Waals surface area contributed by atoms with Crippen LogP contribution in [-0.2, 0) is 0 Å². The summed E-state index contributed by atoms with van der Waals surface area (Å²) in [5, 5.41) is 22.0. The average molecular weight is 358 g/mol. The first-order valence-corrected chi connectivity index (χ1v) is 8.51. The highest BCUT2D eigenvalue weighted by Gasteiger charge is 2.20. The molecule has 0 unspecified atom stereocenters. The standard InChI is InChI=1S/C21H18N4O2/c1-23(16-7-4-8-17(13-16)25(26)27)21(22)24(2)19-12-10-15-6-3-5-14-9-11-18(19)20(14)15/h3-13,22H,1-2H3. The summed E-state index contributed by atoms with van der Waals surface area (Å²) in [7, 11) is 3.57. The molecule has 1 N–H and O–H groups in total. The number of non-ortho nitro benzene ring substituents is 1. The lowest BCUT2D eigenvalue weighted by molar-refractivity contribution is -0.384. The number of anilines is 2. The van der Waals surface area contributed by atoms with Crippen LogP contribution < -0.4 is 9.80 Å². The van der Waals surface area contributed by atoms with Crippen molar-refractivity contribution >= 4 is 45.9 Å². The zero-order chi connectivity index (χ0) is 19.1. The topological polar surface area (TPSA) is 73.5 Å². The number of hydrogen-bond donors (Lipinski definition) is 1. The van der Waals surface area contributed by atoms with Gasteiger partial charge in [-0.25, -0.2) is 0 Å². The van der Waals surface area contributed by atoms with Crippen LogP contribution in [0.2, 0.25) is 0 Å². The van der Waals surface area contributed by atoms with Crippen LogP contribution in [0.25, 0.3) is 22.9 Å². The summed E-state index contributed by atoms with van der Waals surface area (Å²) in [4.78, 5) is 14.0. The summed E-state index contributed by atoms with van der Waals surface area (Å²) in [5.74, 6) is 0.226. The van der Waals surface area contributed by atoms with Crippen molar-refractivity contribution in [3.05, 3.63) is 75.8 Å². The van der Waals surface area contributed by atoms with E-state index in [0.29, 0.717) is 5.69 Å². The van der Waals surface area contributed by atoms with Crippen molar-refractivity contribution in [2.24, 2.45) is 0 Å². The fourth-order valence-electron chi connectivity index (χ4n) is 3.48. The minimum atomic E-state index is -0.430. The molecule has 0 amide bonds. The molecule has 6 heteroatoms. The molecule has 0 fully saturated rings. The molecule has 3 aromatic carbocycles. The predicted molar refractivity (Wildman–Crippen MR) is 111 cm³/mol. The fourth-order valence-corrected chi connectivity index (χ4v) is 3.48. The molecule has 6 nitrogen and oxygen atoms in total.